The van der Waals surface area contributed by atoms with Crippen LogP contribution in [-0.2, 0) is 19.1 Å². The number of hydrogen-bond acceptors (Lipinski definition) is 5. The number of aliphatic carboxylic acids is 1. The zero-order valence-electron chi connectivity index (χ0n) is 16.4. The van der Waals surface area contributed by atoms with Gasteiger partial charge in [0.1, 0.15) is 11.6 Å². The number of carbonyl (C=O) groups excluding carboxylic acids is 2. The fourth-order valence-electron chi connectivity index (χ4n) is 5.24. The summed E-state index contributed by atoms with van der Waals surface area (Å²) in [6.07, 6.45) is 4.96. The molecule has 0 aromatic carbocycles. The molecule has 3 rings (SSSR count). The van der Waals surface area contributed by atoms with Gasteiger partial charge in [0.15, 0.2) is 0 Å². The number of hydrogen-bond donors (Lipinski definition) is 2. The van der Waals surface area contributed by atoms with Gasteiger partial charge in [0.25, 0.3) is 0 Å². The lowest BCUT2D eigenvalue weighted by Gasteiger charge is -2.36. The summed E-state index contributed by atoms with van der Waals surface area (Å²) in [7, 11) is 0. The normalized spacial score (nSPS) is 33.2. The average Bonchev–Trinajstić information content (AvgIpc) is 3.29. The summed E-state index contributed by atoms with van der Waals surface area (Å²) in [4.78, 5) is 41.5. The average molecular weight is 394 g/mol. The van der Waals surface area contributed by atoms with E-state index >= 15 is 0 Å². The van der Waals surface area contributed by atoms with Crippen molar-refractivity contribution in [2.75, 3.05) is 26.2 Å². The van der Waals surface area contributed by atoms with Crippen LogP contribution in [0.2, 0.25) is 0 Å². The summed E-state index contributed by atoms with van der Waals surface area (Å²) < 4.78 is 6.09. The minimum Gasteiger partial charge on any atom is -0.481 e. The van der Waals surface area contributed by atoms with Crippen LogP contribution in [0.1, 0.15) is 39.0 Å². The molecule has 0 radical (unpaired) electrons. The molecule has 0 aliphatic carbocycles. The number of β-amino-alcohol motifs (C(OH)–C–C–N with tert-alkyl or cyclic N) is 1. The van der Waals surface area contributed by atoms with E-state index in [0.717, 1.165) is 19.3 Å². The van der Waals surface area contributed by atoms with Crippen molar-refractivity contribution >= 4 is 17.8 Å². The molecule has 1 spiro atoms. The first-order chi connectivity index (χ1) is 13.4. The van der Waals surface area contributed by atoms with E-state index in [2.05, 4.69) is 13.5 Å². The highest BCUT2D eigenvalue weighted by molar-refractivity contribution is 5.98. The molecule has 2 N–H and O–H groups in total. The highest BCUT2D eigenvalue weighted by atomic mass is 16.5. The molecular weight excluding hydrogens is 364 g/mol. The summed E-state index contributed by atoms with van der Waals surface area (Å²) in [5.41, 5.74) is -1.11. The van der Waals surface area contributed by atoms with Crippen LogP contribution < -0.4 is 0 Å². The molecule has 28 heavy (non-hydrogen) atoms. The van der Waals surface area contributed by atoms with Gasteiger partial charge in [-0.1, -0.05) is 25.8 Å². The first-order valence-electron chi connectivity index (χ1n) is 10.1. The Kier molecular flexibility index (Phi) is 6.09. The van der Waals surface area contributed by atoms with Crippen molar-refractivity contribution in [3.05, 3.63) is 12.7 Å². The van der Waals surface area contributed by atoms with Gasteiger partial charge in [-0.2, -0.15) is 0 Å². The molecule has 3 fully saturated rings. The van der Waals surface area contributed by atoms with Crippen LogP contribution in [0.3, 0.4) is 0 Å². The number of aliphatic hydroxyl groups excluding tert-OH is 1. The maximum atomic E-state index is 13.5. The van der Waals surface area contributed by atoms with Crippen molar-refractivity contribution in [3.8, 4) is 0 Å². The molecule has 2 amide bonds. The molecule has 156 valence electrons. The molecule has 0 saturated carbocycles. The molecule has 3 aliphatic rings. The third kappa shape index (κ3) is 3.12. The standard InChI is InChI=1S/C20H30N2O6/c1-3-5-6-10-21(9-4-2)18(25)16-20-8-7-13(28-20)14(19(26)27)15(20)17(24)22(16)11-12-23/h4,13-16,23H,2-3,5-12H2,1H3,(H,26,27)/t13-,14+,15+,16-,20+/m0/s1. The molecule has 3 saturated heterocycles. The van der Waals surface area contributed by atoms with Crippen molar-refractivity contribution in [1.29, 1.82) is 0 Å². The van der Waals surface area contributed by atoms with E-state index < -0.39 is 41.5 Å². The molecule has 0 aromatic rings. The van der Waals surface area contributed by atoms with Crippen LogP contribution in [0.4, 0.5) is 0 Å². The number of nitrogens with zero attached hydrogens (tertiary/aromatic N) is 2. The van der Waals surface area contributed by atoms with E-state index in [1.165, 1.54) is 4.90 Å². The predicted molar refractivity (Wildman–Crippen MR) is 100 cm³/mol. The van der Waals surface area contributed by atoms with Crippen LogP contribution in [0, 0.1) is 11.8 Å². The van der Waals surface area contributed by atoms with Crippen LogP contribution >= 0.6 is 0 Å². The van der Waals surface area contributed by atoms with Gasteiger partial charge < -0.3 is 24.7 Å². The Labute approximate surface area is 165 Å². The number of carboxylic acid groups (broad SMARTS) is 1. The van der Waals surface area contributed by atoms with Crippen molar-refractivity contribution in [2.45, 2.75) is 56.8 Å². The lowest BCUT2D eigenvalue weighted by Crippen LogP contribution is -2.56. The summed E-state index contributed by atoms with van der Waals surface area (Å²) in [5.74, 6) is -3.51. The van der Waals surface area contributed by atoms with Gasteiger partial charge in [0.2, 0.25) is 11.8 Å². The van der Waals surface area contributed by atoms with Gasteiger partial charge in [-0.25, -0.2) is 0 Å². The Morgan fingerprint density at radius 1 is 1.43 bits per heavy atom. The summed E-state index contributed by atoms with van der Waals surface area (Å²) >= 11 is 0. The molecule has 0 aromatic heterocycles. The van der Waals surface area contributed by atoms with E-state index in [1.807, 2.05) is 0 Å². The minimum atomic E-state index is -1.11. The number of carbonyl (C=O) groups is 3. The zero-order chi connectivity index (χ0) is 20.5. The van der Waals surface area contributed by atoms with Crippen molar-refractivity contribution < 1.29 is 29.3 Å². The molecule has 5 atom stereocenters. The maximum absolute atomic E-state index is 13.5. The molecule has 0 unspecified atom stereocenters. The predicted octanol–water partition coefficient (Wildman–Crippen LogP) is 0.643. The SMILES string of the molecule is C=CCN(CCCCC)C(=O)[C@@H]1N(CCO)C(=O)[C@H]2[C@H](C(=O)O)[C@@H]3CC[C@]12O3. The van der Waals surface area contributed by atoms with Crippen LogP contribution in [0.15, 0.2) is 12.7 Å². The molecular formula is C20H30N2O6. The van der Waals surface area contributed by atoms with Crippen LogP contribution in [0.5, 0.6) is 0 Å². The van der Waals surface area contributed by atoms with Gasteiger partial charge in [-0.05, 0) is 19.3 Å². The van der Waals surface area contributed by atoms with E-state index in [-0.39, 0.29) is 19.1 Å². The lowest BCUT2D eigenvalue weighted by atomic mass is 9.70. The third-order valence-electron chi connectivity index (χ3n) is 6.35. The number of aliphatic hydroxyl groups is 1. The van der Waals surface area contributed by atoms with Crippen molar-refractivity contribution in [1.82, 2.24) is 9.80 Å². The largest absolute Gasteiger partial charge is 0.481 e. The number of unbranched alkanes of at least 4 members (excludes halogenated alkanes) is 2. The number of rotatable bonds is 10. The summed E-state index contributed by atoms with van der Waals surface area (Å²) in [6, 6.07) is -0.895. The highest BCUT2D eigenvalue weighted by Gasteiger charge is 2.74. The fourth-order valence-corrected chi connectivity index (χ4v) is 5.24. The number of likely N-dealkylation sites (tertiary alicyclic amines) is 1. The van der Waals surface area contributed by atoms with Gasteiger partial charge in [-0.3, -0.25) is 14.4 Å². The highest BCUT2D eigenvalue weighted by Crippen LogP contribution is 2.58. The number of ether oxygens (including phenoxy) is 1. The van der Waals surface area contributed by atoms with Crippen molar-refractivity contribution in [3.63, 3.8) is 0 Å². The number of amides is 2. The maximum Gasteiger partial charge on any atom is 0.310 e. The smallest absolute Gasteiger partial charge is 0.310 e. The number of fused-ring (bicyclic) bond motifs is 1. The Hall–Kier alpha value is -1.93. The first kappa shape index (κ1) is 20.8. The third-order valence-corrected chi connectivity index (χ3v) is 6.35. The summed E-state index contributed by atoms with van der Waals surface area (Å²) in [5, 5.41) is 19.1. The topological polar surface area (TPSA) is 107 Å². The van der Waals surface area contributed by atoms with E-state index in [4.69, 9.17) is 4.74 Å². The fraction of sp³-hybridized carbons (Fsp3) is 0.750. The monoisotopic (exact) mass is 394 g/mol. The first-order valence-corrected chi connectivity index (χ1v) is 10.1. The van der Waals surface area contributed by atoms with Gasteiger partial charge in [-0.15, -0.1) is 6.58 Å². The second-order valence-electron chi connectivity index (χ2n) is 7.93. The van der Waals surface area contributed by atoms with Gasteiger partial charge in [0.05, 0.1) is 24.5 Å². The molecule has 3 aliphatic heterocycles. The quantitative estimate of drug-likeness (QED) is 0.416. The second-order valence-corrected chi connectivity index (χ2v) is 7.93. The zero-order valence-corrected chi connectivity index (χ0v) is 16.4. The Morgan fingerprint density at radius 3 is 2.79 bits per heavy atom. The van der Waals surface area contributed by atoms with Crippen LogP contribution in [0.25, 0.3) is 0 Å². The van der Waals surface area contributed by atoms with Crippen LogP contribution in [-0.4, -0.2) is 81.8 Å². The van der Waals surface area contributed by atoms with Crippen molar-refractivity contribution in [2.24, 2.45) is 11.8 Å². The second kappa shape index (κ2) is 8.21. The number of carboxylic acids is 1. The summed E-state index contributed by atoms with van der Waals surface area (Å²) in [6.45, 7) is 6.41. The minimum absolute atomic E-state index is 0.00918. The Balaban J connectivity index is 1.94. The van der Waals surface area contributed by atoms with Gasteiger partial charge >= 0.3 is 5.97 Å². The molecule has 8 nitrogen and oxygen atoms in total. The molecule has 3 heterocycles. The molecule has 8 heteroatoms. The lowest BCUT2D eigenvalue weighted by molar-refractivity contribution is -0.151. The Morgan fingerprint density at radius 2 is 2.18 bits per heavy atom. The molecule has 2 bridgehead atoms. The van der Waals surface area contributed by atoms with E-state index in [1.54, 1.807) is 11.0 Å². The van der Waals surface area contributed by atoms with E-state index in [0.29, 0.717) is 25.9 Å². The van der Waals surface area contributed by atoms with Gasteiger partial charge in [0, 0.05) is 19.6 Å². The Bertz CT molecular complexity index is 653. The van der Waals surface area contributed by atoms with E-state index in [9.17, 15) is 24.6 Å².